The van der Waals surface area contributed by atoms with E-state index in [4.69, 9.17) is 18.5 Å². The molecule has 0 N–H and O–H groups in total. The number of unbranched alkanes of at least 4 members (excludes halogenated alkanes) is 38. The Morgan fingerprint density at radius 3 is 0.926 bits per heavy atom. The quantitative estimate of drug-likeness (QED) is 0.0195. The van der Waals surface area contributed by atoms with Gasteiger partial charge in [0.2, 0.25) is 0 Å². The van der Waals surface area contributed by atoms with Crippen LogP contribution in [0.1, 0.15) is 348 Å². The van der Waals surface area contributed by atoms with Crippen LogP contribution in [0.3, 0.4) is 0 Å². The lowest BCUT2D eigenvalue weighted by molar-refractivity contribution is -0.870. The molecule has 0 rings (SSSR count). The van der Waals surface area contributed by atoms with E-state index in [-0.39, 0.29) is 32.0 Å². The fourth-order valence-corrected chi connectivity index (χ4v) is 11.7. The lowest BCUT2D eigenvalue weighted by Crippen LogP contribution is -2.37. The predicted molar refractivity (Wildman–Crippen MR) is 406 cm³/mol. The molecule has 0 saturated carbocycles. The summed E-state index contributed by atoms with van der Waals surface area (Å²) in [5.74, 6) is -0.867. The van der Waals surface area contributed by atoms with Crippen molar-refractivity contribution in [1.29, 1.82) is 0 Å². The van der Waals surface area contributed by atoms with Crippen LogP contribution in [0.25, 0.3) is 0 Å². The summed E-state index contributed by atoms with van der Waals surface area (Å²) in [5.41, 5.74) is 0. The van der Waals surface area contributed by atoms with E-state index in [1.165, 1.54) is 218 Å². The van der Waals surface area contributed by atoms with E-state index in [0.29, 0.717) is 17.4 Å². The van der Waals surface area contributed by atoms with Crippen LogP contribution in [0, 0.1) is 0 Å². The fraction of sp³-hybridized carbons (Fsp3) is 0.738. The van der Waals surface area contributed by atoms with E-state index >= 15 is 0 Å². The Balaban J connectivity index is 4.02. The van der Waals surface area contributed by atoms with Gasteiger partial charge in [0, 0.05) is 12.8 Å². The third-order valence-electron chi connectivity index (χ3n) is 17.0. The van der Waals surface area contributed by atoms with Gasteiger partial charge in [0.05, 0.1) is 27.7 Å². The van der Waals surface area contributed by atoms with E-state index in [9.17, 15) is 19.0 Å². The van der Waals surface area contributed by atoms with Crippen molar-refractivity contribution in [3.63, 3.8) is 0 Å². The topological polar surface area (TPSA) is 111 Å². The normalized spacial score (nSPS) is 13.7. The number of phosphoric ester groups is 1. The van der Waals surface area contributed by atoms with Gasteiger partial charge in [-0.25, -0.2) is 0 Å². The minimum atomic E-state index is -4.66. The number of quaternary nitrogens is 1. The van der Waals surface area contributed by atoms with Crippen molar-refractivity contribution in [3.8, 4) is 0 Å². The zero-order chi connectivity index (χ0) is 68.3. The number of carbonyl (C=O) groups excluding carboxylic acids is 2. The molecule has 0 aliphatic carbocycles. The summed E-state index contributed by atoms with van der Waals surface area (Å²) >= 11 is 0. The van der Waals surface area contributed by atoms with Crippen molar-refractivity contribution in [2.75, 3.05) is 47.5 Å². The number of ether oxygens (including phenoxy) is 2. The van der Waals surface area contributed by atoms with Gasteiger partial charge in [-0.1, -0.05) is 347 Å². The molecule has 0 radical (unpaired) electrons. The minimum absolute atomic E-state index is 0.0425. The molecule has 2 unspecified atom stereocenters. The van der Waals surface area contributed by atoms with Crippen LogP contribution in [-0.4, -0.2) is 70.0 Å². The highest BCUT2D eigenvalue weighted by atomic mass is 31.2. The van der Waals surface area contributed by atoms with Gasteiger partial charge in [-0.05, 0) is 109 Å². The Bertz CT molecular complexity index is 2010. The first kappa shape index (κ1) is 90.4. The number of allylic oxidation sites excluding steroid dienone is 20. The second-order valence-electron chi connectivity index (χ2n) is 27.3. The first-order valence-electron chi connectivity index (χ1n) is 39.2. The summed E-state index contributed by atoms with van der Waals surface area (Å²) in [7, 11) is 1.14. The Morgan fingerprint density at radius 1 is 0.340 bits per heavy atom. The Morgan fingerprint density at radius 2 is 0.606 bits per heavy atom. The van der Waals surface area contributed by atoms with Crippen LogP contribution < -0.4 is 4.89 Å². The molecule has 0 aromatic rings. The molecule has 9 nitrogen and oxygen atoms in total. The molecular formula is C84H148NO8P. The van der Waals surface area contributed by atoms with Crippen LogP contribution in [0.4, 0.5) is 0 Å². The van der Waals surface area contributed by atoms with Gasteiger partial charge in [0.25, 0.3) is 7.82 Å². The molecule has 0 amide bonds. The van der Waals surface area contributed by atoms with E-state index in [1.54, 1.807) is 0 Å². The van der Waals surface area contributed by atoms with Crippen molar-refractivity contribution >= 4 is 19.8 Å². The van der Waals surface area contributed by atoms with Crippen molar-refractivity contribution in [2.45, 2.75) is 354 Å². The molecule has 0 spiro atoms. The van der Waals surface area contributed by atoms with Crippen molar-refractivity contribution < 1.29 is 42.1 Å². The van der Waals surface area contributed by atoms with E-state index < -0.39 is 26.5 Å². The van der Waals surface area contributed by atoms with E-state index in [2.05, 4.69) is 135 Å². The lowest BCUT2D eigenvalue weighted by atomic mass is 10.0. The van der Waals surface area contributed by atoms with Crippen LogP contribution >= 0.6 is 7.82 Å². The molecule has 0 fully saturated rings. The number of nitrogens with zero attached hydrogens (tertiary/aromatic N) is 1. The number of phosphoric acid groups is 1. The molecular weight excluding hydrogens is 1180 g/mol. The number of hydrogen-bond donors (Lipinski definition) is 0. The van der Waals surface area contributed by atoms with Gasteiger partial charge in [-0.3, -0.25) is 14.2 Å². The summed E-state index contributed by atoms with van der Waals surface area (Å²) in [5, 5.41) is 0. The van der Waals surface area contributed by atoms with Gasteiger partial charge in [-0.2, -0.15) is 0 Å². The molecule has 2 atom stereocenters. The predicted octanol–water partition coefficient (Wildman–Crippen LogP) is 25.5. The highest BCUT2D eigenvalue weighted by Gasteiger charge is 2.22. The second kappa shape index (κ2) is 73.7. The average molecular weight is 1330 g/mol. The highest BCUT2D eigenvalue weighted by molar-refractivity contribution is 7.45. The molecule has 0 saturated heterocycles. The number of rotatable bonds is 72. The summed E-state index contributed by atoms with van der Waals surface area (Å²) in [6.07, 6.45) is 106. The van der Waals surface area contributed by atoms with Crippen LogP contribution in [-0.2, 0) is 32.7 Å². The lowest BCUT2D eigenvalue weighted by Gasteiger charge is -2.28. The number of hydrogen-bond acceptors (Lipinski definition) is 8. The summed E-state index contributed by atoms with van der Waals surface area (Å²) in [6, 6.07) is 0. The van der Waals surface area contributed by atoms with Crippen LogP contribution in [0.5, 0.6) is 0 Å². The van der Waals surface area contributed by atoms with Crippen LogP contribution in [0.2, 0.25) is 0 Å². The highest BCUT2D eigenvalue weighted by Crippen LogP contribution is 2.38. The summed E-state index contributed by atoms with van der Waals surface area (Å²) < 4.78 is 34.3. The molecule has 94 heavy (non-hydrogen) atoms. The molecule has 0 aliphatic rings. The van der Waals surface area contributed by atoms with E-state index in [0.717, 1.165) is 96.3 Å². The Hall–Kier alpha value is -3.59. The maximum atomic E-state index is 12.9. The van der Waals surface area contributed by atoms with E-state index in [1.807, 2.05) is 21.1 Å². The maximum absolute atomic E-state index is 12.9. The smallest absolute Gasteiger partial charge is 0.306 e. The largest absolute Gasteiger partial charge is 0.756 e. The molecule has 0 aromatic heterocycles. The third-order valence-corrected chi connectivity index (χ3v) is 17.9. The first-order chi connectivity index (χ1) is 46.0. The van der Waals surface area contributed by atoms with Gasteiger partial charge >= 0.3 is 11.9 Å². The molecule has 0 aliphatic heterocycles. The Labute approximate surface area is 581 Å². The average Bonchev–Trinajstić information content (AvgIpc) is 1.66. The first-order valence-corrected chi connectivity index (χ1v) is 40.7. The third kappa shape index (κ3) is 77.4. The van der Waals surface area contributed by atoms with Crippen molar-refractivity contribution in [1.82, 2.24) is 0 Å². The molecule has 0 aromatic carbocycles. The molecule has 542 valence electrons. The zero-order valence-electron chi connectivity index (χ0n) is 61.9. The van der Waals surface area contributed by atoms with Crippen molar-refractivity contribution in [2.24, 2.45) is 0 Å². The second-order valence-corrected chi connectivity index (χ2v) is 28.8. The van der Waals surface area contributed by atoms with Gasteiger partial charge < -0.3 is 27.9 Å². The molecule has 0 bridgehead atoms. The fourth-order valence-electron chi connectivity index (χ4n) is 11.0. The maximum Gasteiger partial charge on any atom is 0.306 e. The van der Waals surface area contributed by atoms with Crippen LogP contribution in [0.15, 0.2) is 122 Å². The SMILES string of the molecule is CC/C=C\C/C=C\C/C=C\C/C=C\C/C=C\C/C=C\C/C=C\C/C=C\C/C=C\CCCCCC(=O)OC(COC(=O)CCCCCCCCCCCCCCCCCCCCCCCCCCCCC/C=C\CCCCCCCCCC)COP(=O)([O-])OCC[N+](C)(C)C. The van der Waals surface area contributed by atoms with Gasteiger partial charge in [0.15, 0.2) is 6.10 Å². The number of carbonyl (C=O) groups is 2. The number of likely N-dealkylation sites (N-methyl/N-ethyl adjacent to an activating group) is 1. The number of esters is 2. The summed E-state index contributed by atoms with van der Waals surface area (Å²) in [6.45, 7) is 4.11. The standard InChI is InChI=1S/C84H148NO8P/c1-6-8-10-12-14-16-18-20-22-24-26-28-30-32-34-36-38-39-40-41-42-43-44-45-47-48-50-52-54-56-58-60-62-64-66-68-70-72-74-76-83(86)90-80-82(81-92-94(88,89)91-79-78-85(3,4)5)93-84(87)77-75-73-71-69-67-65-63-61-59-57-55-53-51-49-46-37-35-33-31-29-27-25-23-21-19-17-15-13-11-9-7-2/h9,11,15,17,21,23-24,26-27,29,33,35,46,49,53,55,59,61,65,67,82H,6-8,10,12-14,16,18-20,22,25,28,30-32,34,36-45,47-48,50-52,54,56-58,60,62-64,66,68-81H2,1-5H3/b11-9-,17-15-,23-21-,26-24-,29-27-,35-33-,49-46-,55-53-,61-59-,67-65-. The zero-order valence-corrected chi connectivity index (χ0v) is 62.8. The van der Waals surface area contributed by atoms with Crippen molar-refractivity contribution in [3.05, 3.63) is 122 Å². The molecule has 10 heteroatoms. The Kier molecular flexibility index (Phi) is 70.8. The molecule has 0 heterocycles. The van der Waals surface area contributed by atoms with Gasteiger partial charge in [-0.15, -0.1) is 0 Å². The summed E-state index contributed by atoms with van der Waals surface area (Å²) in [4.78, 5) is 38.1. The monoisotopic (exact) mass is 1330 g/mol. The van der Waals surface area contributed by atoms with Gasteiger partial charge in [0.1, 0.15) is 19.8 Å². The minimum Gasteiger partial charge on any atom is -0.756 e.